The Morgan fingerprint density at radius 3 is 2.89 bits per heavy atom. The van der Waals surface area contributed by atoms with Crippen molar-refractivity contribution in [3.63, 3.8) is 0 Å². The lowest BCUT2D eigenvalue weighted by molar-refractivity contribution is 0.475. The molecule has 3 rings (SSSR count). The maximum Gasteiger partial charge on any atom is 0.336 e. The van der Waals surface area contributed by atoms with Gasteiger partial charge in [0.25, 0.3) is 0 Å². The summed E-state index contributed by atoms with van der Waals surface area (Å²) in [6, 6.07) is 6.40. The van der Waals surface area contributed by atoms with E-state index in [4.69, 9.17) is 4.42 Å². The molecule has 2 N–H and O–H groups in total. The van der Waals surface area contributed by atoms with Crippen LogP contribution in [0.3, 0.4) is 0 Å². The van der Waals surface area contributed by atoms with Crippen molar-refractivity contribution < 1.29 is 9.52 Å². The third kappa shape index (κ3) is 1.57. The van der Waals surface area contributed by atoms with Crippen molar-refractivity contribution >= 4 is 11.0 Å². The highest BCUT2D eigenvalue weighted by atomic mass is 16.4. The van der Waals surface area contributed by atoms with E-state index in [2.05, 4.69) is 10.2 Å². The van der Waals surface area contributed by atoms with Gasteiger partial charge in [-0.2, -0.15) is 5.10 Å². The van der Waals surface area contributed by atoms with Crippen LogP contribution < -0.4 is 5.63 Å². The smallest absolute Gasteiger partial charge is 0.336 e. The second-order valence-corrected chi connectivity index (χ2v) is 4.08. The number of aromatic amines is 1. The first-order valence-electron chi connectivity index (χ1n) is 5.42. The van der Waals surface area contributed by atoms with Crippen molar-refractivity contribution in [2.24, 2.45) is 0 Å². The van der Waals surface area contributed by atoms with Crippen molar-refractivity contribution in [3.05, 3.63) is 46.4 Å². The van der Waals surface area contributed by atoms with E-state index >= 15 is 0 Å². The van der Waals surface area contributed by atoms with E-state index in [0.717, 1.165) is 10.9 Å². The van der Waals surface area contributed by atoms with Crippen molar-refractivity contribution in [2.45, 2.75) is 6.92 Å². The summed E-state index contributed by atoms with van der Waals surface area (Å²) >= 11 is 0. The molecule has 5 nitrogen and oxygen atoms in total. The molecule has 0 fully saturated rings. The Balaban J connectivity index is 2.37. The number of phenolic OH excluding ortho intramolecular Hbond substituents is 1. The molecule has 0 spiro atoms. The summed E-state index contributed by atoms with van der Waals surface area (Å²) in [5.41, 5.74) is 2.09. The second kappa shape index (κ2) is 3.73. The lowest BCUT2D eigenvalue weighted by atomic mass is 10.0. The summed E-state index contributed by atoms with van der Waals surface area (Å²) in [7, 11) is 0. The molecule has 3 aromatic rings. The number of nitrogens with one attached hydrogen (secondary N) is 1. The van der Waals surface area contributed by atoms with E-state index in [9.17, 15) is 9.90 Å². The Labute approximate surface area is 102 Å². The average Bonchev–Trinajstić information content (AvgIpc) is 2.81. The molecule has 0 aliphatic rings. The van der Waals surface area contributed by atoms with Crippen LogP contribution in [-0.2, 0) is 0 Å². The average molecular weight is 242 g/mol. The van der Waals surface area contributed by atoms with Gasteiger partial charge in [-0.05, 0) is 24.6 Å². The molecule has 0 aliphatic carbocycles. The fourth-order valence-electron chi connectivity index (χ4n) is 1.98. The molecule has 0 saturated carbocycles. The maximum atomic E-state index is 11.3. The van der Waals surface area contributed by atoms with Crippen LogP contribution in [-0.4, -0.2) is 15.3 Å². The summed E-state index contributed by atoms with van der Waals surface area (Å²) < 4.78 is 5.05. The Bertz CT molecular complexity index is 773. The molecular formula is C13H10N2O3. The van der Waals surface area contributed by atoms with Gasteiger partial charge in [-0.15, -0.1) is 0 Å². The van der Waals surface area contributed by atoms with Crippen LogP contribution in [0.4, 0.5) is 0 Å². The topological polar surface area (TPSA) is 79.1 Å². The minimum atomic E-state index is -0.423. The molecule has 5 heteroatoms. The van der Waals surface area contributed by atoms with Gasteiger partial charge in [0, 0.05) is 29.3 Å². The van der Waals surface area contributed by atoms with Crippen LogP contribution in [0, 0.1) is 6.92 Å². The SMILES string of the molecule is Cc1cc(=O)oc2cc(O)c(-c3ccn[nH]3)cc12. The van der Waals surface area contributed by atoms with E-state index in [0.29, 0.717) is 16.8 Å². The number of hydrogen-bond acceptors (Lipinski definition) is 4. The van der Waals surface area contributed by atoms with E-state index in [1.54, 1.807) is 18.3 Å². The monoisotopic (exact) mass is 242 g/mol. The third-order valence-electron chi connectivity index (χ3n) is 2.86. The molecule has 0 aliphatic heterocycles. The minimum absolute atomic E-state index is 0.0421. The second-order valence-electron chi connectivity index (χ2n) is 4.08. The van der Waals surface area contributed by atoms with Gasteiger partial charge < -0.3 is 9.52 Å². The molecular weight excluding hydrogens is 232 g/mol. The Kier molecular flexibility index (Phi) is 2.19. The summed E-state index contributed by atoms with van der Waals surface area (Å²) in [5.74, 6) is 0.0421. The number of aromatic hydroxyl groups is 1. The van der Waals surface area contributed by atoms with E-state index < -0.39 is 5.63 Å². The number of benzene rings is 1. The van der Waals surface area contributed by atoms with Gasteiger partial charge in [0.05, 0.1) is 5.69 Å². The third-order valence-corrected chi connectivity index (χ3v) is 2.86. The zero-order valence-electron chi connectivity index (χ0n) is 9.60. The zero-order chi connectivity index (χ0) is 12.7. The predicted molar refractivity (Wildman–Crippen MR) is 66.5 cm³/mol. The molecule has 0 amide bonds. The lowest BCUT2D eigenvalue weighted by Gasteiger charge is -2.06. The highest BCUT2D eigenvalue weighted by molar-refractivity contribution is 5.88. The van der Waals surface area contributed by atoms with E-state index in [-0.39, 0.29) is 5.75 Å². The number of H-pyrrole nitrogens is 1. The number of aromatic nitrogens is 2. The largest absolute Gasteiger partial charge is 0.507 e. The Hall–Kier alpha value is -2.56. The summed E-state index contributed by atoms with van der Waals surface area (Å²) in [5, 5.41) is 17.4. The number of nitrogens with zero attached hydrogens (tertiary/aromatic N) is 1. The number of fused-ring (bicyclic) bond motifs is 1. The first kappa shape index (κ1) is 10.6. The fraction of sp³-hybridized carbons (Fsp3) is 0.0769. The first-order valence-corrected chi connectivity index (χ1v) is 5.42. The number of rotatable bonds is 1. The van der Waals surface area contributed by atoms with E-state index in [1.165, 1.54) is 12.1 Å². The van der Waals surface area contributed by atoms with Crippen LogP contribution in [0.1, 0.15) is 5.56 Å². The normalized spacial score (nSPS) is 10.9. The Morgan fingerprint density at radius 2 is 2.17 bits per heavy atom. The maximum absolute atomic E-state index is 11.3. The quantitative estimate of drug-likeness (QED) is 0.641. The van der Waals surface area contributed by atoms with Crippen LogP contribution in [0.2, 0.25) is 0 Å². The number of phenols is 1. The van der Waals surface area contributed by atoms with Gasteiger partial charge >= 0.3 is 5.63 Å². The molecule has 90 valence electrons. The zero-order valence-corrected chi connectivity index (χ0v) is 9.60. The molecule has 2 aromatic heterocycles. The predicted octanol–water partition coefficient (Wildman–Crippen LogP) is 2.20. The standard InChI is InChI=1S/C13H10N2O3/c1-7-4-13(17)18-12-6-11(16)9(5-8(7)12)10-2-3-14-15-10/h2-6,16H,1H3,(H,14,15). The van der Waals surface area contributed by atoms with Gasteiger partial charge in [0.15, 0.2) is 0 Å². The molecule has 0 atom stereocenters. The van der Waals surface area contributed by atoms with Crippen molar-refractivity contribution in [2.75, 3.05) is 0 Å². The summed E-state index contributed by atoms with van der Waals surface area (Å²) in [6.45, 7) is 1.83. The number of hydrogen-bond donors (Lipinski definition) is 2. The van der Waals surface area contributed by atoms with Crippen LogP contribution >= 0.6 is 0 Å². The van der Waals surface area contributed by atoms with Crippen molar-refractivity contribution in [3.8, 4) is 17.0 Å². The van der Waals surface area contributed by atoms with Gasteiger partial charge in [-0.1, -0.05) is 0 Å². The molecule has 0 unspecified atom stereocenters. The van der Waals surface area contributed by atoms with E-state index in [1.807, 2.05) is 6.92 Å². The summed E-state index contributed by atoms with van der Waals surface area (Å²) in [4.78, 5) is 11.3. The molecule has 0 bridgehead atoms. The Morgan fingerprint density at radius 1 is 1.33 bits per heavy atom. The van der Waals surface area contributed by atoms with Gasteiger partial charge in [0.1, 0.15) is 11.3 Å². The fourth-order valence-corrected chi connectivity index (χ4v) is 1.98. The minimum Gasteiger partial charge on any atom is -0.507 e. The van der Waals surface area contributed by atoms with Crippen LogP contribution in [0.15, 0.2) is 39.7 Å². The molecule has 1 aromatic carbocycles. The molecule has 0 saturated heterocycles. The summed E-state index contributed by atoms with van der Waals surface area (Å²) in [6.07, 6.45) is 1.61. The van der Waals surface area contributed by atoms with Crippen LogP contribution in [0.25, 0.3) is 22.2 Å². The highest BCUT2D eigenvalue weighted by Crippen LogP contribution is 2.32. The number of aryl methyl sites for hydroxylation is 1. The molecule has 2 heterocycles. The first-order chi connectivity index (χ1) is 8.65. The molecule has 18 heavy (non-hydrogen) atoms. The van der Waals surface area contributed by atoms with Gasteiger partial charge in [-0.25, -0.2) is 4.79 Å². The van der Waals surface area contributed by atoms with Gasteiger partial charge in [0.2, 0.25) is 0 Å². The van der Waals surface area contributed by atoms with Crippen LogP contribution in [0.5, 0.6) is 5.75 Å². The van der Waals surface area contributed by atoms with Crippen molar-refractivity contribution in [1.29, 1.82) is 0 Å². The van der Waals surface area contributed by atoms with Crippen molar-refractivity contribution in [1.82, 2.24) is 10.2 Å². The van der Waals surface area contributed by atoms with Gasteiger partial charge in [-0.3, -0.25) is 5.10 Å². The lowest BCUT2D eigenvalue weighted by Crippen LogP contribution is -1.98. The highest BCUT2D eigenvalue weighted by Gasteiger charge is 2.10. The molecule has 0 radical (unpaired) electrons.